The molecule has 3 atom stereocenters. The second kappa shape index (κ2) is 15.0. The van der Waals surface area contributed by atoms with Gasteiger partial charge >= 0.3 is 5.69 Å². The maximum Gasteiger partial charge on any atom is 0.335 e. The summed E-state index contributed by atoms with van der Waals surface area (Å²) in [5.41, 5.74) is 8.47. The number of carbonyl (C=O) groups excluding carboxylic acids is 4. The Morgan fingerprint density at radius 1 is 0.733 bits per heavy atom. The predicted molar refractivity (Wildman–Crippen MR) is 218 cm³/mol. The van der Waals surface area contributed by atoms with Crippen LogP contribution in [-0.2, 0) is 9.59 Å². The predicted octanol–water partition coefficient (Wildman–Crippen LogP) is 3.30. The Morgan fingerprint density at radius 3 is 2.17 bits per heavy atom. The van der Waals surface area contributed by atoms with Gasteiger partial charge in [0.2, 0.25) is 11.8 Å². The van der Waals surface area contributed by atoms with Crippen molar-refractivity contribution in [2.24, 2.45) is 0 Å². The number of para-hydroxylation sites is 1. The number of benzene rings is 3. The van der Waals surface area contributed by atoms with Crippen LogP contribution in [-0.4, -0.2) is 121 Å². The first-order valence-electron chi connectivity index (χ1n) is 20.4. The average molecular weight is 815 g/mol. The van der Waals surface area contributed by atoms with E-state index in [1.807, 2.05) is 36.4 Å². The maximum atomic E-state index is 16.4. The fourth-order valence-corrected chi connectivity index (χ4v) is 9.60. The number of imide groups is 2. The van der Waals surface area contributed by atoms with Gasteiger partial charge in [-0.05, 0) is 80.3 Å². The number of amides is 4. The molecule has 10 rings (SSSR count). The Morgan fingerprint density at radius 2 is 1.43 bits per heavy atom. The Kier molecular flexibility index (Phi) is 9.43. The van der Waals surface area contributed by atoms with Crippen LogP contribution in [0.2, 0.25) is 0 Å². The third kappa shape index (κ3) is 6.48. The number of nitrogens with zero attached hydrogens (tertiary/aromatic N) is 8. The van der Waals surface area contributed by atoms with Crippen LogP contribution in [0, 0.1) is 0 Å². The first kappa shape index (κ1) is 37.8. The number of imidazole rings is 1. The van der Waals surface area contributed by atoms with Crippen molar-refractivity contribution < 1.29 is 28.3 Å². The second-order valence-corrected chi connectivity index (χ2v) is 16.2. The zero-order valence-electron chi connectivity index (χ0n) is 32.7. The van der Waals surface area contributed by atoms with E-state index in [4.69, 9.17) is 10.5 Å². The van der Waals surface area contributed by atoms with E-state index in [-0.39, 0.29) is 42.4 Å². The van der Waals surface area contributed by atoms with Crippen molar-refractivity contribution in [2.75, 3.05) is 49.9 Å². The Balaban J connectivity index is 0.758. The number of fused-ring (bicyclic) bond motifs is 2. The minimum Gasteiger partial charge on any atom is -0.457 e. The quantitative estimate of drug-likeness (QED) is 0.219. The van der Waals surface area contributed by atoms with Gasteiger partial charge in [0.1, 0.15) is 35.6 Å². The van der Waals surface area contributed by atoms with Gasteiger partial charge in [-0.3, -0.25) is 48.3 Å². The zero-order valence-corrected chi connectivity index (χ0v) is 32.7. The number of nitrogens with one attached hydrogen (secondary N) is 1. The lowest BCUT2D eigenvalue weighted by Crippen LogP contribution is -2.62. The highest BCUT2D eigenvalue weighted by Crippen LogP contribution is 2.36. The van der Waals surface area contributed by atoms with Crippen LogP contribution >= 0.6 is 0 Å². The van der Waals surface area contributed by atoms with Crippen molar-refractivity contribution in [3.05, 3.63) is 101 Å². The number of piperidine rings is 3. The topological polar surface area (TPSA) is 181 Å². The van der Waals surface area contributed by atoms with Crippen LogP contribution in [0.15, 0.2) is 83.9 Å². The van der Waals surface area contributed by atoms with E-state index in [1.165, 1.54) is 15.5 Å². The largest absolute Gasteiger partial charge is 0.457 e. The van der Waals surface area contributed by atoms with Gasteiger partial charge in [-0.2, -0.15) is 0 Å². The normalized spacial score (nSPS) is 23.2. The number of hydrogen-bond acceptors (Lipinski definition) is 12. The highest BCUT2D eigenvalue weighted by Gasteiger charge is 2.46. The van der Waals surface area contributed by atoms with Gasteiger partial charge in [-0.1, -0.05) is 18.2 Å². The Hall–Kier alpha value is -6.46. The highest BCUT2D eigenvalue weighted by molar-refractivity contribution is 6.23. The smallest absolute Gasteiger partial charge is 0.335 e. The van der Waals surface area contributed by atoms with Crippen molar-refractivity contribution >= 4 is 46.3 Å². The van der Waals surface area contributed by atoms with Crippen LogP contribution in [0.5, 0.6) is 11.5 Å². The SMILES string of the molecule is Nc1ncnc2c1n(-c1ccc(Oc3ccccc3)cc1)c(=O)n2[C@@H]1CCN(C2CCN(C3CN(c4ccc5c(c4)C(=O)N(C4CCC(=O)NC4=O)C5=O)C3)CC2)C[C@H]1F. The summed E-state index contributed by atoms with van der Waals surface area (Å²) in [6.45, 7) is 4.12. The first-order valence-corrected chi connectivity index (χ1v) is 20.4. The Labute approximate surface area is 343 Å². The fraction of sp³-hybridized carbons (Fsp3) is 0.372. The van der Waals surface area contributed by atoms with Crippen molar-refractivity contribution in [2.45, 2.75) is 62.4 Å². The zero-order chi connectivity index (χ0) is 41.2. The lowest BCUT2D eigenvalue weighted by Gasteiger charge is -2.50. The van der Waals surface area contributed by atoms with Crippen molar-refractivity contribution in [3.8, 4) is 17.2 Å². The molecule has 0 radical (unpaired) electrons. The van der Waals surface area contributed by atoms with E-state index >= 15 is 4.39 Å². The van der Waals surface area contributed by atoms with E-state index in [0.29, 0.717) is 47.4 Å². The van der Waals surface area contributed by atoms with Gasteiger partial charge in [0, 0.05) is 63.5 Å². The second-order valence-electron chi connectivity index (χ2n) is 16.2. The number of rotatable bonds is 8. The average Bonchev–Trinajstić information content (AvgIpc) is 3.67. The van der Waals surface area contributed by atoms with E-state index in [1.54, 1.807) is 36.4 Å². The molecule has 17 heteroatoms. The van der Waals surface area contributed by atoms with E-state index in [2.05, 4.69) is 30.0 Å². The van der Waals surface area contributed by atoms with E-state index < -0.39 is 47.6 Å². The van der Waals surface area contributed by atoms with Crippen LogP contribution in [0.4, 0.5) is 15.9 Å². The van der Waals surface area contributed by atoms with Gasteiger partial charge in [0.25, 0.3) is 11.8 Å². The van der Waals surface area contributed by atoms with E-state index in [0.717, 1.165) is 49.6 Å². The summed E-state index contributed by atoms with van der Waals surface area (Å²) in [6.07, 6.45) is 2.41. The van der Waals surface area contributed by atoms with Gasteiger partial charge in [-0.25, -0.2) is 19.2 Å². The summed E-state index contributed by atoms with van der Waals surface area (Å²) in [6, 6.07) is 20.5. The molecule has 3 N–H and O–H groups in total. The number of likely N-dealkylation sites (tertiary alicyclic amines) is 2. The highest BCUT2D eigenvalue weighted by atomic mass is 19.1. The molecule has 7 heterocycles. The number of alkyl halides is 1. The minimum absolute atomic E-state index is 0.0718. The first-order chi connectivity index (χ1) is 29.1. The van der Waals surface area contributed by atoms with Crippen molar-refractivity contribution in [1.29, 1.82) is 0 Å². The molecule has 0 aliphatic carbocycles. The van der Waals surface area contributed by atoms with Gasteiger partial charge in [0.15, 0.2) is 11.5 Å². The summed E-state index contributed by atoms with van der Waals surface area (Å²) in [5, 5.41) is 2.23. The van der Waals surface area contributed by atoms with Crippen molar-refractivity contribution in [3.63, 3.8) is 0 Å². The molecular weight excluding hydrogens is 772 g/mol. The number of anilines is 2. The fourth-order valence-electron chi connectivity index (χ4n) is 9.60. The number of carbonyl (C=O) groups is 4. The number of nitrogen functional groups attached to an aromatic ring is 1. The van der Waals surface area contributed by atoms with Gasteiger partial charge in [0.05, 0.1) is 22.9 Å². The molecule has 0 spiro atoms. The standard InChI is InChI=1S/C43H43FN10O6/c44-33-23-50(19-16-34(33)53-39-37(38(45)46-24-47-39)52(43(53)59)26-6-9-30(10-7-26)60-29-4-2-1-3-5-29)25-14-17-49(18-15-25)28-21-51(22-28)27-8-11-31-32(20-27)42(58)54(41(31)57)35-12-13-36(55)48-40(35)56/h1-11,20,24-25,28,33-35H,12-19,21-23H2,(H2,45,46,47)(H,48,55,56)/t33-,34-,35?/m1/s1. The molecular formula is C43H43FN10O6. The Bertz CT molecular complexity index is 2580. The maximum absolute atomic E-state index is 16.4. The molecule has 5 aromatic rings. The summed E-state index contributed by atoms with van der Waals surface area (Å²) in [4.78, 5) is 81.2. The minimum atomic E-state index is -1.31. The van der Waals surface area contributed by atoms with Crippen molar-refractivity contribution in [1.82, 2.24) is 39.1 Å². The number of hydrogen-bond donors (Lipinski definition) is 2. The third-order valence-electron chi connectivity index (χ3n) is 12.8. The summed E-state index contributed by atoms with van der Waals surface area (Å²) < 4.78 is 25.2. The molecule has 2 aromatic heterocycles. The molecule has 1 unspecified atom stereocenters. The molecule has 0 saturated carbocycles. The van der Waals surface area contributed by atoms with Gasteiger partial charge < -0.3 is 15.4 Å². The molecule has 308 valence electrons. The number of halogens is 1. The van der Waals surface area contributed by atoms with Crippen LogP contribution in [0.1, 0.15) is 58.9 Å². The number of aromatic nitrogens is 4. The number of ether oxygens (including phenoxy) is 1. The molecule has 4 saturated heterocycles. The molecule has 3 aromatic carbocycles. The van der Waals surface area contributed by atoms with Gasteiger partial charge in [-0.15, -0.1) is 0 Å². The lowest BCUT2D eigenvalue weighted by atomic mass is 9.94. The molecule has 0 bridgehead atoms. The monoisotopic (exact) mass is 814 g/mol. The molecule has 16 nitrogen and oxygen atoms in total. The van der Waals surface area contributed by atoms with Crippen LogP contribution in [0.25, 0.3) is 16.9 Å². The lowest BCUT2D eigenvalue weighted by molar-refractivity contribution is -0.136. The third-order valence-corrected chi connectivity index (χ3v) is 12.8. The number of nitrogens with two attached hydrogens (primary N) is 1. The molecule has 4 amide bonds. The molecule has 5 aliphatic rings. The molecule has 60 heavy (non-hydrogen) atoms. The van der Waals surface area contributed by atoms with Crippen LogP contribution in [0.3, 0.4) is 0 Å². The van der Waals surface area contributed by atoms with Crippen LogP contribution < -0.4 is 26.4 Å². The summed E-state index contributed by atoms with van der Waals surface area (Å²) >= 11 is 0. The summed E-state index contributed by atoms with van der Waals surface area (Å²) in [7, 11) is 0. The molecule has 5 aliphatic heterocycles. The molecule has 4 fully saturated rings. The summed E-state index contributed by atoms with van der Waals surface area (Å²) in [5.74, 6) is -0.655. The van der Waals surface area contributed by atoms with E-state index in [9.17, 15) is 24.0 Å².